The van der Waals surface area contributed by atoms with E-state index in [1.54, 1.807) is 37.4 Å². The number of carbonyl (C=O) groups is 1. The number of methoxy groups -OCH3 is 1. The summed E-state index contributed by atoms with van der Waals surface area (Å²) in [5.74, 6) is -0.556. The molecule has 128 valence electrons. The molecule has 6 nitrogen and oxygen atoms in total. The number of aromatic nitrogens is 1. The van der Waals surface area contributed by atoms with Gasteiger partial charge in [-0.05, 0) is 50.5 Å². The summed E-state index contributed by atoms with van der Waals surface area (Å²) in [6, 6.07) is 5.78. The Morgan fingerprint density at radius 1 is 1.33 bits per heavy atom. The number of sulfonamides is 1. The summed E-state index contributed by atoms with van der Waals surface area (Å²) >= 11 is 0. The number of ether oxygens (including phenoxy) is 1. The molecule has 24 heavy (non-hydrogen) atoms. The van der Waals surface area contributed by atoms with Gasteiger partial charge in [0.2, 0.25) is 10.0 Å². The molecule has 7 heteroatoms. The molecule has 0 bridgehead atoms. The molecule has 1 aliphatic carbocycles. The van der Waals surface area contributed by atoms with Crippen LogP contribution >= 0.6 is 0 Å². The van der Waals surface area contributed by atoms with Gasteiger partial charge in [0, 0.05) is 17.6 Å². The van der Waals surface area contributed by atoms with Gasteiger partial charge in [-0.25, -0.2) is 8.42 Å². The highest BCUT2D eigenvalue weighted by Gasteiger charge is 2.44. The third kappa shape index (κ3) is 2.78. The zero-order chi connectivity index (χ0) is 17.5. The summed E-state index contributed by atoms with van der Waals surface area (Å²) in [4.78, 5) is 16.4. The van der Waals surface area contributed by atoms with Gasteiger partial charge in [0.15, 0.2) is 0 Å². The number of hydrogen-bond donors (Lipinski definition) is 0. The Hall–Kier alpha value is -1.99. The van der Waals surface area contributed by atoms with Gasteiger partial charge in [0.1, 0.15) is 6.04 Å². The number of esters is 1. The molecular formula is C17H20N2O4S. The normalized spacial score (nSPS) is 16.3. The first-order valence-electron chi connectivity index (χ1n) is 7.83. The predicted molar refractivity (Wildman–Crippen MR) is 90.0 cm³/mol. The molecule has 1 atom stereocenters. The van der Waals surface area contributed by atoms with E-state index >= 15 is 0 Å². The van der Waals surface area contributed by atoms with Crippen molar-refractivity contribution in [2.45, 2.75) is 43.7 Å². The highest BCUT2D eigenvalue weighted by molar-refractivity contribution is 7.89. The van der Waals surface area contributed by atoms with Crippen LogP contribution in [0.25, 0.3) is 10.9 Å². The van der Waals surface area contributed by atoms with Crippen molar-refractivity contribution in [2.24, 2.45) is 0 Å². The SMILES string of the molecule is COC(=O)[C@H](C)N(C1CC1)S(=O)(=O)c1ccc(C)c2ncccc12. The molecular weight excluding hydrogens is 328 g/mol. The van der Waals surface area contributed by atoms with Crippen LogP contribution in [0.2, 0.25) is 0 Å². The van der Waals surface area contributed by atoms with Crippen molar-refractivity contribution >= 4 is 26.9 Å². The van der Waals surface area contributed by atoms with Crippen molar-refractivity contribution in [2.75, 3.05) is 7.11 Å². The van der Waals surface area contributed by atoms with Crippen LogP contribution in [0.4, 0.5) is 0 Å². The Bertz CT molecular complexity index is 891. The van der Waals surface area contributed by atoms with Crippen molar-refractivity contribution in [3.8, 4) is 0 Å². The molecule has 1 fully saturated rings. The predicted octanol–water partition coefficient (Wildman–Crippen LogP) is 2.26. The Morgan fingerprint density at radius 3 is 2.67 bits per heavy atom. The zero-order valence-corrected chi connectivity index (χ0v) is 14.7. The molecule has 3 rings (SSSR count). The van der Waals surface area contributed by atoms with Gasteiger partial charge in [0.25, 0.3) is 0 Å². The first kappa shape index (κ1) is 16.9. The molecule has 0 amide bonds. The average Bonchev–Trinajstić information content (AvgIpc) is 3.39. The van der Waals surface area contributed by atoms with Crippen LogP contribution < -0.4 is 0 Å². The quantitative estimate of drug-likeness (QED) is 0.775. The molecule has 2 aromatic rings. The molecule has 0 unspecified atom stereocenters. The largest absolute Gasteiger partial charge is 0.468 e. The summed E-state index contributed by atoms with van der Waals surface area (Å²) in [6.07, 6.45) is 3.15. The number of carbonyl (C=O) groups excluding carboxylic acids is 1. The fourth-order valence-electron chi connectivity index (χ4n) is 2.95. The van der Waals surface area contributed by atoms with Crippen molar-refractivity contribution < 1.29 is 17.9 Å². The van der Waals surface area contributed by atoms with Gasteiger partial charge in [-0.1, -0.05) is 6.07 Å². The molecule has 1 aliphatic rings. The van der Waals surface area contributed by atoms with Crippen LogP contribution in [0.3, 0.4) is 0 Å². The van der Waals surface area contributed by atoms with Crippen molar-refractivity contribution in [3.05, 3.63) is 36.0 Å². The lowest BCUT2D eigenvalue weighted by Crippen LogP contribution is -2.45. The van der Waals surface area contributed by atoms with E-state index in [0.29, 0.717) is 10.9 Å². The van der Waals surface area contributed by atoms with Crippen molar-refractivity contribution in [1.29, 1.82) is 0 Å². The maximum absolute atomic E-state index is 13.3. The molecule has 0 aliphatic heterocycles. The monoisotopic (exact) mass is 348 g/mol. The maximum Gasteiger partial charge on any atom is 0.323 e. The lowest BCUT2D eigenvalue weighted by Gasteiger charge is -2.27. The smallest absolute Gasteiger partial charge is 0.323 e. The molecule has 1 aromatic heterocycles. The topological polar surface area (TPSA) is 76.6 Å². The molecule has 1 aromatic carbocycles. The minimum Gasteiger partial charge on any atom is -0.468 e. The van der Waals surface area contributed by atoms with Gasteiger partial charge in [-0.15, -0.1) is 0 Å². The van der Waals surface area contributed by atoms with E-state index in [9.17, 15) is 13.2 Å². The van der Waals surface area contributed by atoms with Crippen molar-refractivity contribution in [1.82, 2.24) is 9.29 Å². The minimum atomic E-state index is -3.84. The van der Waals surface area contributed by atoms with Gasteiger partial charge < -0.3 is 4.74 Å². The van der Waals surface area contributed by atoms with Crippen LogP contribution in [0.5, 0.6) is 0 Å². The van der Waals surface area contributed by atoms with Crippen LogP contribution in [0.15, 0.2) is 35.4 Å². The van der Waals surface area contributed by atoms with Crippen LogP contribution in [0, 0.1) is 6.92 Å². The van der Waals surface area contributed by atoms with Gasteiger partial charge in [-0.3, -0.25) is 9.78 Å². The highest BCUT2D eigenvalue weighted by Crippen LogP contribution is 2.36. The van der Waals surface area contributed by atoms with Crippen molar-refractivity contribution in [3.63, 3.8) is 0 Å². The Morgan fingerprint density at radius 2 is 2.04 bits per heavy atom. The number of aryl methyl sites for hydroxylation is 1. The van der Waals surface area contributed by atoms with E-state index in [2.05, 4.69) is 4.98 Å². The fourth-order valence-corrected chi connectivity index (χ4v) is 4.97. The molecule has 0 N–H and O–H groups in total. The number of nitrogens with zero attached hydrogens (tertiary/aromatic N) is 2. The van der Waals surface area contributed by atoms with E-state index in [1.165, 1.54) is 11.4 Å². The minimum absolute atomic E-state index is 0.155. The van der Waals surface area contributed by atoms with Crippen LogP contribution in [-0.2, 0) is 19.6 Å². The lowest BCUT2D eigenvalue weighted by atomic mass is 10.1. The standard InChI is InChI=1S/C17H20N2O4S/c1-11-6-9-15(14-5-4-10-18-16(11)14)24(21,22)19(13-7-8-13)12(2)17(20)23-3/h4-6,9-10,12-13H,7-8H2,1-3H3/t12-/m0/s1. The number of fused-ring (bicyclic) bond motifs is 1. The number of rotatable bonds is 5. The Kier molecular flexibility index (Phi) is 4.31. The first-order chi connectivity index (χ1) is 11.4. The molecule has 0 radical (unpaired) electrons. The molecule has 1 saturated carbocycles. The fraction of sp³-hybridized carbons (Fsp3) is 0.412. The van der Waals surface area contributed by atoms with E-state index in [4.69, 9.17) is 4.74 Å². The summed E-state index contributed by atoms with van der Waals surface area (Å²) < 4.78 is 32.6. The number of pyridine rings is 1. The number of hydrogen-bond acceptors (Lipinski definition) is 5. The van der Waals surface area contributed by atoms with E-state index in [0.717, 1.165) is 18.4 Å². The van der Waals surface area contributed by atoms with Gasteiger partial charge in [0.05, 0.1) is 17.5 Å². The second kappa shape index (κ2) is 6.14. The molecule has 0 saturated heterocycles. The maximum atomic E-state index is 13.3. The van der Waals surface area contributed by atoms with Crippen LogP contribution in [-0.4, -0.2) is 42.9 Å². The second-order valence-corrected chi connectivity index (χ2v) is 7.86. The third-order valence-electron chi connectivity index (χ3n) is 4.32. The van der Waals surface area contributed by atoms with Gasteiger partial charge >= 0.3 is 5.97 Å². The average molecular weight is 348 g/mol. The second-order valence-electron chi connectivity index (χ2n) is 6.05. The summed E-state index contributed by atoms with van der Waals surface area (Å²) in [5, 5.41) is 0.570. The summed E-state index contributed by atoms with van der Waals surface area (Å²) in [7, 11) is -2.58. The highest BCUT2D eigenvalue weighted by atomic mass is 32.2. The lowest BCUT2D eigenvalue weighted by molar-refractivity contribution is -0.144. The van der Waals surface area contributed by atoms with E-state index < -0.39 is 22.0 Å². The van der Waals surface area contributed by atoms with E-state index in [1.807, 2.05) is 6.92 Å². The Balaban J connectivity index is 2.16. The summed E-state index contributed by atoms with van der Waals surface area (Å²) in [5.41, 5.74) is 1.56. The van der Waals surface area contributed by atoms with E-state index in [-0.39, 0.29) is 10.9 Å². The Labute approximate surface area is 141 Å². The number of benzene rings is 1. The molecule has 0 spiro atoms. The van der Waals surface area contributed by atoms with Crippen LogP contribution in [0.1, 0.15) is 25.3 Å². The first-order valence-corrected chi connectivity index (χ1v) is 9.27. The molecule has 1 heterocycles. The van der Waals surface area contributed by atoms with Gasteiger partial charge in [-0.2, -0.15) is 4.31 Å². The summed E-state index contributed by atoms with van der Waals surface area (Å²) in [6.45, 7) is 3.46. The third-order valence-corrected chi connectivity index (χ3v) is 6.40. The zero-order valence-electron chi connectivity index (χ0n) is 13.9.